The zero-order valence-electron chi connectivity index (χ0n) is 14.2. The molecular weight excluding hydrogens is 318 g/mol. The van der Waals surface area contributed by atoms with Crippen LogP contribution in [0.2, 0.25) is 0 Å². The van der Waals surface area contributed by atoms with E-state index in [-0.39, 0.29) is 5.91 Å². The molecule has 1 aromatic heterocycles. The van der Waals surface area contributed by atoms with Crippen LogP contribution in [0.5, 0.6) is 0 Å². The Morgan fingerprint density at radius 2 is 2.08 bits per heavy atom. The molecule has 0 radical (unpaired) electrons. The van der Waals surface area contributed by atoms with Crippen LogP contribution in [0, 0.1) is 0 Å². The van der Waals surface area contributed by atoms with Crippen molar-refractivity contribution in [3.63, 3.8) is 0 Å². The standard InChI is InChI=1S/C17H21N7O/c1-2-13-11-24-12-20-15(9-16(24)21-13)22-5-7-23(8-6-22)17(25)14-10-18-3-4-19-14/h3-4,9-10,12-13H,2,5-8,11H2,1H3/t13-/m0/s1. The van der Waals surface area contributed by atoms with Crippen LogP contribution in [0.15, 0.2) is 40.5 Å². The minimum atomic E-state index is -0.0639. The van der Waals surface area contributed by atoms with Gasteiger partial charge in [-0.1, -0.05) is 6.92 Å². The van der Waals surface area contributed by atoms with E-state index >= 15 is 0 Å². The third-order valence-corrected chi connectivity index (χ3v) is 4.75. The van der Waals surface area contributed by atoms with Crippen molar-refractivity contribution in [3.05, 3.63) is 36.2 Å². The van der Waals surface area contributed by atoms with Crippen molar-refractivity contribution in [1.29, 1.82) is 0 Å². The Labute approximate surface area is 146 Å². The van der Waals surface area contributed by atoms with Crippen LogP contribution in [0.3, 0.4) is 0 Å². The molecule has 1 aromatic rings. The first-order valence-electron chi connectivity index (χ1n) is 8.65. The first-order valence-corrected chi connectivity index (χ1v) is 8.65. The lowest BCUT2D eigenvalue weighted by Gasteiger charge is -2.36. The lowest BCUT2D eigenvalue weighted by molar-refractivity contribution is 0.0662. The Balaban J connectivity index is 1.39. The molecule has 8 heteroatoms. The normalized spacial score (nSPS) is 22.6. The highest BCUT2D eigenvalue weighted by Gasteiger charge is 2.28. The predicted molar refractivity (Wildman–Crippen MR) is 94.3 cm³/mol. The Bertz CT molecular complexity index is 735. The van der Waals surface area contributed by atoms with Crippen LogP contribution in [-0.4, -0.2) is 81.5 Å². The van der Waals surface area contributed by atoms with Crippen molar-refractivity contribution in [2.45, 2.75) is 19.4 Å². The lowest BCUT2D eigenvalue weighted by atomic mass is 10.2. The third kappa shape index (κ3) is 3.11. The Hall–Kier alpha value is -2.77. The number of piperazine rings is 1. The predicted octanol–water partition coefficient (Wildman–Crippen LogP) is 0.610. The van der Waals surface area contributed by atoms with E-state index < -0.39 is 0 Å². The van der Waals surface area contributed by atoms with Crippen LogP contribution in [0.4, 0.5) is 0 Å². The molecule has 3 aliphatic heterocycles. The summed E-state index contributed by atoms with van der Waals surface area (Å²) in [5.74, 6) is 1.86. The number of aliphatic imine (C=N–C) groups is 2. The molecular formula is C17H21N7O. The van der Waals surface area contributed by atoms with Crippen LogP contribution in [0.1, 0.15) is 23.8 Å². The fourth-order valence-corrected chi connectivity index (χ4v) is 3.23. The zero-order chi connectivity index (χ0) is 17.2. The summed E-state index contributed by atoms with van der Waals surface area (Å²) < 4.78 is 0. The van der Waals surface area contributed by atoms with Crippen molar-refractivity contribution < 1.29 is 4.79 Å². The van der Waals surface area contributed by atoms with Gasteiger partial charge in [0.1, 0.15) is 17.4 Å². The first kappa shape index (κ1) is 15.7. The lowest BCUT2D eigenvalue weighted by Crippen LogP contribution is -2.48. The van der Waals surface area contributed by atoms with Gasteiger partial charge in [0.05, 0.1) is 18.6 Å². The maximum absolute atomic E-state index is 12.4. The van der Waals surface area contributed by atoms with Gasteiger partial charge in [-0.2, -0.15) is 0 Å². The van der Waals surface area contributed by atoms with Gasteiger partial charge in [-0.25, -0.2) is 9.98 Å². The molecule has 0 saturated carbocycles. The molecule has 0 bridgehead atoms. The molecule has 0 N–H and O–H groups in total. The number of amidine groups is 1. The van der Waals surface area contributed by atoms with Gasteiger partial charge >= 0.3 is 0 Å². The van der Waals surface area contributed by atoms with Gasteiger partial charge in [0, 0.05) is 51.2 Å². The third-order valence-electron chi connectivity index (χ3n) is 4.75. The van der Waals surface area contributed by atoms with Crippen molar-refractivity contribution >= 4 is 18.1 Å². The number of amides is 1. The molecule has 4 heterocycles. The van der Waals surface area contributed by atoms with Gasteiger partial charge < -0.3 is 14.7 Å². The molecule has 1 amide bonds. The summed E-state index contributed by atoms with van der Waals surface area (Å²) in [6.07, 6.45) is 9.60. The van der Waals surface area contributed by atoms with Crippen molar-refractivity contribution in [3.8, 4) is 0 Å². The van der Waals surface area contributed by atoms with Crippen LogP contribution >= 0.6 is 0 Å². The van der Waals surface area contributed by atoms with E-state index in [1.165, 1.54) is 6.20 Å². The quantitative estimate of drug-likeness (QED) is 0.806. The average molecular weight is 339 g/mol. The molecule has 1 atom stereocenters. The van der Waals surface area contributed by atoms with Gasteiger partial charge in [-0.15, -0.1) is 0 Å². The summed E-state index contributed by atoms with van der Waals surface area (Å²) in [4.78, 5) is 35.9. The van der Waals surface area contributed by atoms with Gasteiger partial charge in [-0.3, -0.25) is 14.8 Å². The topological polar surface area (TPSA) is 77.3 Å². The monoisotopic (exact) mass is 339 g/mol. The number of nitrogens with zero attached hydrogens (tertiary/aromatic N) is 7. The van der Waals surface area contributed by atoms with E-state index in [1.807, 2.05) is 11.2 Å². The molecule has 3 aliphatic rings. The minimum absolute atomic E-state index is 0.0639. The molecule has 25 heavy (non-hydrogen) atoms. The summed E-state index contributed by atoms with van der Waals surface area (Å²) in [6.45, 7) is 5.87. The van der Waals surface area contributed by atoms with Crippen molar-refractivity contribution in [2.24, 2.45) is 9.98 Å². The van der Waals surface area contributed by atoms with Gasteiger partial charge in [0.25, 0.3) is 5.91 Å². The molecule has 130 valence electrons. The highest BCUT2D eigenvalue weighted by molar-refractivity contribution is 6.03. The first-order chi connectivity index (χ1) is 12.2. The minimum Gasteiger partial charge on any atom is -0.353 e. The molecule has 4 rings (SSSR count). The Kier molecular flexibility index (Phi) is 4.17. The second-order valence-corrected chi connectivity index (χ2v) is 6.32. The Morgan fingerprint density at radius 1 is 1.24 bits per heavy atom. The maximum atomic E-state index is 12.4. The smallest absolute Gasteiger partial charge is 0.274 e. The van der Waals surface area contributed by atoms with Crippen LogP contribution in [-0.2, 0) is 0 Å². The van der Waals surface area contributed by atoms with E-state index in [9.17, 15) is 4.79 Å². The van der Waals surface area contributed by atoms with Crippen LogP contribution in [0.25, 0.3) is 0 Å². The Morgan fingerprint density at radius 3 is 2.80 bits per heavy atom. The van der Waals surface area contributed by atoms with Crippen molar-refractivity contribution in [2.75, 3.05) is 32.7 Å². The number of rotatable bonds is 3. The van der Waals surface area contributed by atoms with Gasteiger partial charge in [-0.05, 0) is 6.42 Å². The maximum Gasteiger partial charge on any atom is 0.274 e. The fraction of sp³-hybridized carbons (Fsp3) is 0.471. The molecule has 8 nitrogen and oxygen atoms in total. The summed E-state index contributed by atoms with van der Waals surface area (Å²) in [5, 5.41) is 0. The number of hydrogen-bond donors (Lipinski definition) is 0. The number of hydrogen-bond acceptors (Lipinski definition) is 7. The highest BCUT2D eigenvalue weighted by Crippen LogP contribution is 2.20. The van der Waals surface area contributed by atoms with E-state index in [1.54, 1.807) is 12.4 Å². The molecule has 1 fully saturated rings. The van der Waals surface area contributed by atoms with Gasteiger partial charge in [0.15, 0.2) is 0 Å². The van der Waals surface area contributed by atoms with E-state index in [0.717, 1.165) is 37.7 Å². The number of carbonyl (C=O) groups excluding carboxylic acids is 1. The van der Waals surface area contributed by atoms with E-state index in [4.69, 9.17) is 4.99 Å². The highest BCUT2D eigenvalue weighted by atomic mass is 16.2. The molecule has 0 aliphatic carbocycles. The summed E-state index contributed by atoms with van der Waals surface area (Å²) in [7, 11) is 0. The molecule has 1 saturated heterocycles. The van der Waals surface area contributed by atoms with Crippen LogP contribution < -0.4 is 0 Å². The zero-order valence-corrected chi connectivity index (χ0v) is 14.2. The average Bonchev–Trinajstić information content (AvgIpc) is 3.10. The van der Waals surface area contributed by atoms with Gasteiger partial charge in [0.2, 0.25) is 0 Å². The van der Waals surface area contributed by atoms with Crippen molar-refractivity contribution in [1.82, 2.24) is 24.7 Å². The molecule has 0 unspecified atom stereocenters. The number of aromatic nitrogens is 2. The summed E-state index contributed by atoms with van der Waals surface area (Å²) in [5.41, 5.74) is 0.396. The SMILES string of the molecule is CC[C@H]1CN2C=NC(N3CCN(C(=O)c4cnccn4)CC3)=CC2=N1. The molecule has 0 spiro atoms. The summed E-state index contributed by atoms with van der Waals surface area (Å²) in [6, 6.07) is 0.360. The van der Waals surface area contributed by atoms with E-state index in [0.29, 0.717) is 24.8 Å². The second kappa shape index (κ2) is 6.62. The van der Waals surface area contributed by atoms with E-state index in [2.05, 4.69) is 37.8 Å². The molecule has 0 aromatic carbocycles. The summed E-state index contributed by atoms with van der Waals surface area (Å²) >= 11 is 0. The fourth-order valence-electron chi connectivity index (χ4n) is 3.23. The largest absolute Gasteiger partial charge is 0.353 e. The second-order valence-electron chi connectivity index (χ2n) is 6.32. The number of carbonyl (C=O) groups is 1. The number of fused-ring (bicyclic) bond motifs is 1.